The van der Waals surface area contributed by atoms with Crippen molar-refractivity contribution >= 4 is 37.2 Å². The van der Waals surface area contributed by atoms with Gasteiger partial charge in [0.15, 0.2) is 7.28 Å². The van der Waals surface area contributed by atoms with E-state index in [0.717, 1.165) is 22.0 Å². The van der Waals surface area contributed by atoms with Gasteiger partial charge in [-0.15, -0.1) is 12.6 Å². The Bertz CT molecular complexity index is 879. The minimum absolute atomic E-state index is 0.0820. The summed E-state index contributed by atoms with van der Waals surface area (Å²) in [6, 6.07) is 11.1. The molecule has 0 aromatic heterocycles. The highest BCUT2D eigenvalue weighted by Gasteiger charge is 2.36. The van der Waals surface area contributed by atoms with Gasteiger partial charge in [0, 0.05) is 41.1 Å². The Morgan fingerprint density at radius 2 is 1.83 bits per heavy atom. The number of halogens is 1. The largest absolute Gasteiger partial charge is 0.387 e. The SMILES string of the molecule is CN[C@@H](CN(c1ccccc1)C1CC(Cl)=C([B]COC(C)(C)C(C)(C)O)C=C1S)C1CCCCC1. The molecule has 0 bridgehead atoms. The normalized spacial score (nSPS) is 21.0. The maximum absolute atomic E-state index is 10.4. The molecule has 2 atom stereocenters. The molecule has 1 unspecified atom stereocenters. The predicted molar refractivity (Wildman–Crippen MR) is 154 cm³/mol. The van der Waals surface area contributed by atoms with Crippen molar-refractivity contribution in [3.8, 4) is 0 Å². The van der Waals surface area contributed by atoms with Crippen molar-refractivity contribution in [3.05, 3.63) is 51.8 Å². The first-order valence-electron chi connectivity index (χ1n) is 13.0. The fraction of sp³-hybridized carbons (Fsp3) is 0.643. The summed E-state index contributed by atoms with van der Waals surface area (Å²) in [6.07, 6.45) is 9.38. The zero-order chi connectivity index (χ0) is 25.6. The molecule has 0 saturated heterocycles. The monoisotopic (exact) mass is 517 g/mol. The number of benzene rings is 1. The molecule has 193 valence electrons. The molecular formula is C28H43BClN2O2S. The maximum Gasteiger partial charge on any atom is 0.187 e. The Hall–Kier alpha value is -0.915. The lowest BCUT2D eigenvalue weighted by Gasteiger charge is -2.41. The minimum atomic E-state index is -0.945. The number of aliphatic hydroxyl groups is 1. The zero-order valence-corrected chi connectivity index (χ0v) is 23.7. The fourth-order valence-corrected chi connectivity index (χ4v) is 5.59. The van der Waals surface area contributed by atoms with E-state index in [1.807, 2.05) is 21.1 Å². The highest BCUT2D eigenvalue weighted by Crippen LogP contribution is 2.36. The van der Waals surface area contributed by atoms with Crippen molar-refractivity contribution in [1.82, 2.24) is 5.32 Å². The van der Waals surface area contributed by atoms with Crippen molar-refractivity contribution in [2.45, 2.75) is 89.5 Å². The van der Waals surface area contributed by atoms with Crippen LogP contribution in [-0.4, -0.2) is 55.8 Å². The van der Waals surface area contributed by atoms with Gasteiger partial charge in [-0.05, 0) is 65.6 Å². The first kappa shape index (κ1) is 28.7. The molecule has 3 rings (SSSR count). The average molecular weight is 518 g/mol. The predicted octanol–water partition coefficient (Wildman–Crippen LogP) is 5.93. The molecule has 2 aliphatic carbocycles. The number of allylic oxidation sites excluding steroid dienone is 2. The van der Waals surface area contributed by atoms with Crippen molar-refractivity contribution in [2.75, 3.05) is 25.0 Å². The molecular weight excluding hydrogens is 475 g/mol. The average Bonchev–Trinajstić information content (AvgIpc) is 2.82. The lowest BCUT2D eigenvalue weighted by molar-refractivity contribution is -0.135. The number of rotatable bonds is 11. The first-order valence-corrected chi connectivity index (χ1v) is 13.8. The zero-order valence-electron chi connectivity index (χ0n) is 22.1. The van der Waals surface area contributed by atoms with E-state index in [2.05, 4.69) is 53.7 Å². The summed E-state index contributed by atoms with van der Waals surface area (Å²) in [6.45, 7) is 8.61. The second-order valence-corrected chi connectivity index (χ2v) is 12.0. The number of likely N-dealkylation sites (N-methyl/N-ethyl adjacent to an activating group) is 1. The Morgan fingerprint density at radius 3 is 2.43 bits per heavy atom. The molecule has 2 aliphatic rings. The third-order valence-corrected chi connectivity index (χ3v) is 8.80. The van der Waals surface area contributed by atoms with Crippen molar-refractivity contribution in [2.24, 2.45) is 5.92 Å². The van der Waals surface area contributed by atoms with E-state index in [-0.39, 0.29) is 6.04 Å². The Labute approximate surface area is 224 Å². The molecule has 1 radical (unpaired) electrons. The highest BCUT2D eigenvalue weighted by molar-refractivity contribution is 7.84. The molecule has 1 fully saturated rings. The van der Waals surface area contributed by atoms with Crippen LogP contribution in [0, 0.1) is 5.92 Å². The van der Waals surface area contributed by atoms with Crippen LogP contribution in [0.25, 0.3) is 0 Å². The standard InChI is InChI=1S/C28H43BClN2O2S/c1-27(2,33)28(3,4)34-19-29-22-16-26(35)25(17-23(22)30)32(21-14-10-7-11-15-21)18-24(31-5)20-12-8-6-9-13-20/h7,10-11,14-16,20,24-25,31,33,35H,6,8-9,12-13,17-19H2,1-5H3/t24-,25?/m0/s1. The van der Waals surface area contributed by atoms with E-state index in [0.29, 0.717) is 24.9 Å². The first-order chi connectivity index (χ1) is 16.5. The second-order valence-electron chi connectivity index (χ2n) is 11.0. The van der Waals surface area contributed by atoms with Gasteiger partial charge in [0.05, 0.1) is 17.2 Å². The van der Waals surface area contributed by atoms with Gasteiger partial charge in [-0.2, -0.15) is 0 Å². The minimum Gasteiger partial charge on any atom is -0.387 e. The molecule has 1 aromatic rings. The number of hydrogen-bond acceptors (Lipinski definition) is 5. The Kier molecular flexibility index (Phi) is 10.3. The fourth-order valence-electron chi connectivity index (χ4n) is 4.94. The van der Waals surface area contributed by atoms with E-state index in [9.17, 15) is 5.11 Å². The van der Waals surface area contributed by atoms with Crippen LogP contribution in [0.4, 0.5) is 5.69 Å². The highest BCUT2D eigenvalue weighted by atomic mass is 35.5. The smallest absolute Gasteiger partial charge is 0.187 e. The van der Waals surface area contributed by atoms with E-state index >= 15 is 0 Å². The van der Waals surface area contributed by atoms with E-state index in [1.54, 1.807) is 13.8 Å². The molecule has 0 heterocycles. The molecule has 0 amide bonds. The summed E-state index contributed by atoms with van der Waals surface area (Å²) >= 11 is 11.8. The van der Waals surface area contributed by atoms with Crippen molar-refractivity contribution in [1.29, 1.82) is 0 Å². The summed E-state index contributed by atoms with van der Waals surface area (Å²) in [5.74, 6) is 0.696. The van der Waals surface area contributed by atoms with Crippen LogP contribution in [0.3, 0.4) is 0 Å². The van der Waals surface area contributed by atoms with Gasteiger partial charge < -0.3 is 20.1 Å². The molecule has 0 aliphatic heterocycles. The van der Waals surface area contributed by atoms with Crippen LogP contribution >= 0.6 is 24.2 Å². The summed E-state index contributed by atoms with van der Waals surface area (Å²) in [5.41, 5.74) is 0.525. The third kappa shape index (κ3) is 7.55. The van der Waals surface area contributed by atoms with Gasteiger partial charge in [-0.1, -0.05) is 60.6 Å². The van der Waals surface area contributed by atoms with Crippen LogP contribution in [0.5, 0.6) is 0 Å². The molecule has 35 heavy (non-hydrogen) atoms. The molecule has 1 aromatic carbocycles. The lowest BCUT2D eigenvalue weighted by Crippen LogP contribution is -2.49. The van der Waals surface area contributed by atoms with Gasteiger partial charge in [0.1, 0.15) is 0 Å². The molecule has 4 nitrogen and oxygen atoms in total. The lowest BCUT2D eigenvalue weighted by atomic mass is 9.68. The molecule has 0 spiro atoms. The Balaban J connectivity index is 1.75. The quantitative estimate of drug-likeness (QED) is 0.252. The maximum atomic E-state index is 10.4. The van der Waals surface area contributed by atoms with Crippen LogP contribution in [0.2, 0.25) is 0 Å². The van der Waals surface area contributed by atoms with Gasteiger partial charge in [0.25, 0.3) is 0 Å². The van der Waals surface area contributed by atoms with Crippen LogP contribution in [0.15, 0.2) is 51.8 Å². The van der Waals surface area contributed by atoms with Gasteiger partial charge in [-0.3, -0.25) is 0 Å². The number of hydrogen-bond donors (Lipinski definition) is 3. The van der Waals surface area contributed by atoms with Crippen LogP contribution < -0.4 is 10.2 Å². The van der Waals surface area contributed by atoms with E-state index in [1.165, 1.54) is 37.8 Å². The van der Waals surface area contributed by atoms with Crippen LogP contribution in [-0.2, 0) is 4.74 Å². The number of anilines is 1. The third-order valence-electron chi connectivity index (χ3n) is 8.00. The van der Waals surface area contributed by atoms with Gasteiger partial charge in [-0.25, -0.2) is 0 Å². The van der Waals surface area contributed by atoms with Crippen molar-refractivity contribution < 1.29 is 9.84 Å². The molecule has 1 saturated carbocycles. The number of para-hydroxylation sites is 1. The summed E-state index contributed by atoms with van der Waals surface area (Å²) < 4.78 is 5.99. The number of thiol groups is 1. The summed E-state index contributed by atoms with van der Waals surface area (Å²) in [4.78, 5) is 3.48. The molecule has 7 heteroatoms. The van der Waals surface area contributed by atoms with Crippen molar-refractivity contribution in [3.63, 3.8) is 0 Å². The van der Waals surface area contributed by atoms with Crippen LogP contribution in [0.1, 0.15) is 66.2 Å². The summed E-state index contributed by atoms with van der Waals surface area (Å²) in [5, 5.41) is 14.8. The number of nitrogens with one attached hydrogen (secondary N) is 1. The van der Waals surface area contributed by atoms with E-state index in [4.69, 9.17) is 29.0 Å². The number of ether oxygens (including phenoxy) is 1. The topological polar surface area (TPSA) is 44.7 Å². The Morgan fingerprint density at radius 1 is 1.17 bits per heavy atom. The van der Waals surface area contributed by atoms with E-state index < -0.39 is 11.2 Å². The number of nitrogens with zero attached hydrogens (tertiary/aromatic N) is 1. The summed E-state index contributed by atoms with van der Waals surface area (Å²) in [7, 11) is 4.09. The van der Waals surface area contributed by atoms with Gasteiger partial charge >= 0.3 is 0 Å². The second kappa shape index (κ2) is 12.6. The van der Waals surface area contributed by atoms with Gasteiger partial charge in [0.2, 0.25) is 0 Å². The molecule has 2 N–H and O–H groups in total.